The van der Waals surface area contributed by atoms with E-state index in [9.17, 15) is 9.50 Å². The van der Waals surface area contributed by atoms with Crippen molar-refractivity contribution in [2.45, 2.75) is 13.5 Å². The average Bonchev–Trinajstić information content (AvgIpc) is 3.15. The molecule has 0 saturated carbocycles. The number of pyridine rings is 1. The Morgan fingerprint density at radius 2 is 1.90 bits per heavy atom. The largest absolute Gasteiger partial charge is 0.504 e. The van der Waals surface area contributed by atoms with E-state index in [0.29, 0.717) is 17.0 Å². The molecule has 0 aliphatic rings. The predicted octanol–water partition coefficient (Wildman–Crippen LogP) is 4.27. The Labute approximate surface area is 175 Å². The molecular weight excluding hydrogens is 405 g/mol. The zero-order chi connectivity index (χ0) is 21.1. The fourth-order valence-electron chi connectivity index (χ4n) is 2.79. The Morgan fingerprint density at radius 1 is 1.13 bits per heavy atom. The van der Waals surface area contributed by atoms with Gasteiger partial charge in [0.1, 0.15) is 17.7 Å². The summed E-state index contributed by atoms with van der Waals surface area (Å²) in [5.74, 6) is -1.53. The third-order valence-corrected chi connectivity index (χ3v) is 5.32. The minimum absolute atomic E-state index is 0.145. The molecule has 1 N–H and O–H groups in total. The molecule has 0 atom stereocenters. The molecule has 0 radical (unpaired) electrons. The maximum absolute atomic E-state index is 14.0. The van der Waals surface area contributed by atoms with Crippen LogP contribution < -0.4 is 4.74 Å². The van der Waals surface area contributed by atoms with Crippen LogP contribution in [0, 0.1) is 24.1 Å². The third-order valence-electron chi connectivity index (χ3n) is 4.17. The van der Waals surface area contributed by atoms with Crippen LogP contribution in [-0.4, -0.2) is 25.0 Å². The number of ether oxygens (including phenoxy) is 1. The van der Waals surface area contributed by atoms with E-state index in [4.69, 9.17) is 10.00 Å². The summed E-state index contributed by atoms with van der Waals surface area (Å²) in [6, 6.07) is 11.7. The van der Waals surface area contributed by atoms with Crippen molar-refractivity contribution in [2.75, 3.05) is 0 Å². The van der Waals surface area contributed by atoms with Crippen molar-refractivity contribution in [3.63, 3.8) is 0 Å². The number of halogens is 1. The van der Waals surface area contributed by atoms with Gasteiger partial charge in [-0.1, -0.05) is 6.07 Å². The number of phenolic OH excluding ortho intramolecular Hbond substituents is 1. The Morgan fingerprint density at radius 3 is 2.67 bits per heavy atom. The highest BCUT2D eigenvalue weighted by atomic mass is 32.1. The Bertz CT molecular complexity index is 1250. The number of phenols is 1. The highest BCUT2D eigenvalue weighted by Gasteiger charge is 2.15. The molecule has 0 unspecified atom stereocenters. The fraction of sp³-hybridized carbons (Fsp3) is 0.0952. The van der Waals surface area contributed by atoms with E-state index in [0.717, 1.165) is 21.6 Å². The third kappa shape index (κ3) is 3.94. The second-order valence-electron chi connectivity index (χ2n) is 6.22. The highest BCUT2D eigenvalue weighted by Crippen LogP contribution is 2.32. The molecule has 0 spiro atoms. The Balaban J connectivity index is 1.62. The number of nitriles is 1. The molecule has 0 amide bonds. The standard InChI is InChI=1S/C21H14FN5O2S/c1-12-20(30-18(26-12)11-29-21-24-6-3-7-25-21)17-5-2-4-16(27-17)13-8-14(10-23)19(28)15(22)9-13/h2-9,28H,11H2,1H3. The topological polar surface area (TPSA) is 105 Å². The van der Waals surface area contributed by atoms with Gasteiger partial charge in [-0.25, -0.2) is 24.3 Å². The van der Waals surface area contributed by atoms with Gasteiger partial charge in [-0.05, 0) is 37.3 Å². The predicted molar refractivity (Wildman–Crippen MR) is 108 cm³/mol. The second kappa shape index (κ2) is 8.23. The van der Waals surface area contributed by atoms with Gasteiger partial charge in [-0.15, -0.1) is 11.3 Å². The molecular formula is C21H14FN5O2S. The zero-order valence-corrected chi connectivity index (χ0v) is 16.5. The van der Waals surface area contributed by atoms with Gasteiger partial charge in [-0.2, -0.15) is 5.26 Å². The van der Waals surface area contributed by atoms with E-state index >= 15 is 0 Å². The lowest BCUT2D eigenvalue weighted by molar-refractivity contribution is 0.280. The van der Waals surface area contributed by atoms with Crippen LogP contribution in [0.15, 0.2) is 48.8 Å². The number of hydrogen-bond acceptors (Lipinski definition) is 8. The highest BCUT2D eigenvalue weighted by molar-refractivity contribution is 7.15. The van der Waals surface area contributed by atoms with E-state index in [1.165, 1.54) is 17.4 Å². The number of aryl methyl sites for hydroxylation is 1. The molecule has 0 aliphatic heterocycles. The second-order valence-corrected chi connectivity index (χ2v) is 7.30. The maximum Gasteiger partial charge on any atom is 0.316 e. The van der Waals surface area contributed by atoms with Crippen LogP contribution >= 0.6 is 11.3 Å². The molecule has 148 valence electrons. The summed E-state index contributed by atoms with van der Waals surface area (Å²) in [4.78, 5) is 18.0. The summed E-state index contributed by atoms with van der Waals surface area (Å²) >= 11 is 1.43. The number of aromatic hydroxyl groups is 1. The fourth-order valence-corrected chi connectivity index (χ4v) is 3.74. The lowest BCUT2D eigenvalue weighted by Gasteiger charge is -2.06. The summed E-state index contributed by atoms with van der Waals surface area (Å²) < 4.78 is 19.5. The SMILES string of the molecule is Cc1nc(COc2ncccn2)sc1-c1cccc(-c2cc(F)c(O)c(C#N)c2)n1. The van der Waals surface area contributed by atoms with Crippen LogP contribution in [0.5, 0.6) is 11.8 Å². The van der Waals surface area contributed by atoms with Gasteiger partial charge < -0.3 is 9.84 Å². The van der Waals surface area contributed by atoms with Crippen molar-refractivity contribution >= 4 is 11.3 Å². The quantitative estimate of drug-likeness (QED) is 0.515. The number of nitrogens with zero attached hydrogens (tertiary/aromatic N) is 5. The first-order chi connectivity index (χ1) is 14.5. The van der Waals surface area contributed by atoms with Crippen LogP contribution in [0.4, 0.5) is 4.39 Å². The molecule has 0 bridgehead atoms. The first-order valence-corrected chi connectivity index (χ1v) is 9.63. The van der Waals surface area contributed by atoms with Gasteiger partial charge >= 0.3 is 6.01 Å². The number of benzene rings is 1. The number of thiazole rings is 1. The normalized spacial score (nSPS) is 10.6. The van der Waals surface area contributed by atoms with Crippen molar-refractivity contribution in [1.82, 2.24) is 19.9 Å². The van der Waals surface area contributed by atoms with Gasteiger partial charge in [0, 0.05) is 18.0 Å². The molecule has 30 heavy (non-hydrogen) atoms. The Hall–Kier alpha value is -3.90. The van der Waals surface area contributed by atoms with Crippen LogP contribution in [0.3, 0.4) is 0 Å². The molecule has 3 aromatic heterocycles. The first-order valence-electron chi connectivity index (χ1n) is 8.81. The molecule has 0 aliphatic carbocycles. The summed E-state index contributed by atoms with van der Waals surface area (Å²) in [6.07, 6.45) is 3.19. The molecule has 4 rings (SSSR count). The van der Waals surface area contributed by atoms with E-state index < -0.39 is 11.6 Å². The molecule has 4 aromatic rings. The van der Waals surface area contributed by atoms with Gasteiger partial charge in [0.25, 0.3) is 0 Å². The molecule has 7 nitrogen and oxygen atoms in total. The first kappa shape index (κ1) is 19.4. The summed E-state index contributed by atoms with van der Waals surface area (Å²) in [7, 11) is 0. The zero-order valence-electron chi connectivity index (χ0n) is 15.7. The van der Waals surface area contributed by atoms with E-state index in [1.54, 1.807) is 36.7 Å². The maximum atomic E-state index is 14.0. The summed E-state index contributed by atoms with van der Waals surface area (Å²) in [5.41, 5.74) is 2.18. The van der Waals surface area contributed by atoms with Crippen molar-refractivity contribution in [3.05, 3.63) is 70.9 Å². The van der Waals surface area contributed by atoms with Crippen molar-refractivity contribution in [1.29, 1.82) is 5.26 Å². The number of rotatable bonds is 5. The van der Waals surface area contributed by atoms with Gasteiger partial charge in [0.2, 0.25) is 0 Å². The summed E-state index contributed by atoms with van der Waals surface area (Å²) in [6.45, 7) is 2.10. The molecule has 9 heteroatoms. The monoisotopic (exact) mass is 419 g/mol. The molecule has 1 aromatic carbocycles. The summed E-state index contributed by atoms with van der Waals surface area (Å²) in [5, 5.41) is 19.5. The van der Waals surface area contributed by atoms with Crippen molar-refractivity contribution in [2.24, 2.45) is 0 Å². The Kier molecular flexibility index (Phi) is 5.32. The van der Waals surface area contributed by atoms with Crippen LogP contribution in [0.2, 0.25) is 0 Å². The lowest BCUT2D eigenvalue weighted by Crippen LogP contribution is -1.98. The molecule has 0 fully saturated rings. The minimum atomic E-state index is -0.868. The average molecular weight is 419 g/mol. The van der Waals surface area contributed by atoms with Crippen LogP contribution in [-0.2, 0) is 6.61 Å². The number of aromatic nitrogens is 4. The molecule has 0 saturated heterocycles. The van der Waals surface area contributed by atoms with E-state index in [1.807, 2.05) is 13.0 Å². The number of hydrogen-bond donors (Lipinski definition) is 1. The molecule has 3 heterocycles. The van der Waals surface area contributed by atoms with Gasteiger partial charge in [-0.3, -0.25) is 0 Å². The van der Waals surface area contributed by atoms with Crippen LogP contribution in [0.1, 0.15) is 16.3 Å². The van der Waals surface area contributed by atoms with Crippen molar-refractivity contribution < 1.29 is 14.2 Å². The van der Waals surface area contributed by atoms with Crippen LogP contribution in [0.25, 0.3) is 21.8 Å². The lowest BCUT2D eigenvalue weighted by atomic mass is 10.1. The van der Waals surface area contributed by atoms with E-state index in [-0.39, 0.29) is 18.2 Å². The van der Waals surface area contributed by atoms with E-state index in [2.05, 4.69) is 19.9 Å². The van der Waals surface area contributed by atoms with Gasteiger partial charge in [0.05, 0.1) is 27.5 Å². The van der Waals surface area contributed by atoms with Gasteiger partial charge in [0.15, 0.2) is 11.6 Å². The van der Waals surface area contributed by atoms with Crippen molar-refractivity contribution in [3.8, 4) is 39.7 Å². The smallest absolute Gasteiger partial charge is 0.316 e. The minimum Gasteiger partial charge on any atom is -0.504 e.